The van der Waals surface area contributed by atoms with Crippen molar-refractivity contribution in [2.75, 3.05) is 0 Å². The summed E-state index contributed by atoms with van der Waals surface area (Å²) in [6, 6.07) is 24.7. The molecule has 1 nitrogen and oxygen atoms in total. The van der Waals surface area contributed by atoms with Crippen LogP contribution in [0.1, 0.15) is 11.1 Å². The SMILES string of the molecule is c1ccc(C(=Nc2cccs2)c2ccccc2)cc1. The molecular weight excluding hydrogens is 250 g/mol. The number of hydrogen-bond acceptors (Lipinski definition) is 2. The lowest BCUT2D eigenvalue weighted by molar-refractivity contribution is 1.52. The average molecular weight is 263 g/mol. The van der Waals surface area contributed by atoms with Crippen LogP contribution in [0.15, 0.2) is 83.2 Å². The summed E-state index contributed by atoms with van der Waals surface area (Å²) in [5.41, 5.74) is 3.30. The molecule has 1 aromatic heterocycles. The molecule has 2 aromatic carbocycles. The zero-order chi connectivity index (χ0) is 12.9. The molecule has 0 radical (unpaired) electrons. The highest BCUT2D eigenvalue weighted by atomic mass is 32.1. The molecule has 0 spiro atoms. The molecule has 0 aliphatic heterocycles. The average Bonchev–Trinajstić information content (AvgIpc) is 3.00. The Morgan fingerprint density at radius 3 is 1.74 bits per heavy atom. The van der Waals surface area contributed by atoms with Crippen LogP contribution < -0.4 is 0 Å². The van der Waals surface area contributed by atoms with Crippen molar-refractivity contribution in [3.8, 4) is 0 Å². The van der Waals surface area contributed by atoms with E-state index in [0.717, 1.165) is 21.8 Å². The second-order valence-electron chi connectivity index (χ2n) is 4.14. The lowest BCUT2D eigenvalue weighted by atomic mass is 10.0. The number of benzene rings is 2. The van der Waals surface area contributed by atoms with E-state index in [1.54, 1.807) is 11.3 Å². The van der Waals surface area contributed by atoms with Crippen LogP contribution >= 0.6 is 11.3 Å². The Labute approximate surface area is 116 Å². The maximum Gasteiger partial charge on any atom is 0.116 e. The van der Waals surface area contributed by atoms with E-state index in [2.05, 4.69) is 24.3 Å². The number of thiophene rings is 1. The van der Waals surface area contributed by atoms with E-state index in [1.807, 2.05) is 53.9 Å². The normalized spacial score (nSPS) is 10.1. The Balaban J connectivity index is 2.12. The van der Waals surface area contributed by atoms with Gasteiger partial charge in [0, 0.05) is 11.1 Å². The number of rotatable bonds is 3. The highest BCUT2D eigenvalue weighted by Crippen LogP contribution is 2.22. The molecule has 0 fully saturated rings. The van der Waals surface area contributed by atoms with Crippen LogP contribution in [-0.4, -0.2) is 5.71 Å². The second-order valence-corrected chi connectivity index (χ2v) is 5.07. The minimum absolute atomic E-state index is 1.02. The summed E-state index contributed by atoms with van der Waals surface area (Å²) >= 11 is 1.65. The van der Waals surface area contributed by atoms with Gasteiger partial charge in [-0.05, 0) is 17.5 Å². The molecule has 2 heteroatoms. The number of aliphatic imine (C=N–C) groups is 1. The second kappa shape index (κ2) is 5.63. The van der Waals surface area contributed by atoms with Gasteiger partial charge in [0.05, 0.1) is 5.71 Å². The standard InChI is InChI=1S/C17H13NS/c1-3-8-14(9-4-1)17(15-10-5-2-6-11-15)18-16-12-7-13-19-16/h1-13H. The Bertz CT molecular complexity index is 614. The highest BCUT2D eigenvalue weighted by molar-refractivity contribution is 7.13. The first kappa shape index (κ1) is 11.9. The monoisotopic (exact) mass is 263 g/mol. The van der Waals surface area contributed by atoms with E-state index in [4.69, 9.17) is 4.99 Å². The molecule has 0 bridgehead atoms. The van der Waals surface area contributed by atoms with Crippen LogP contribution in [-0.2, 0) is 0 Å². The first-order valence-corrected chi connectivity index (χ1v) is 7.04. The van der Waals surface area contributed by atoms with E-state index in [-0.39, 0.29) is 0 Å². The van der Waals surface area contributed by atoms with Crippen molar-refractivity contribution in [3.63, 3.8) is 0 Å². The summed E-state index contributed by atoms with van der Waals surface area (Å²) in [5.74, 6) is 0. The molecule has 0 saturated carbocycles. The molecule has 0 aliphatic carbocycles. The van der Waals surface area contributed by atoms with E-state index < -0.39 is 0 Å². The van der Waals surface area contributed by atoms with Gasteiger partial charge in [0.25, 0.3) is 0 Å². The largest absolute Gasteiger partial charge is 0.237 e. The molecule has 0 amide bonds. The van der Waals surface area contributed by atoms with Crippen molar-refractivity contribution in [1.29, 1.82) is 0 Å². The maximum atomic E-state index is 4.79. The first-order valence-electron chi connectivity index (χ1n) is 6.16. The highest BCUT2D eigenvalue weighted by Gasteiger charge is 2.06. The van der Waals surface area contributed by atoms with Crippen LogP contribution in [0.5, 0.6) is 0 Å². The summed E-state index contributed by atoms with van der Waals surface area (Å²) in [4.78, 5) is 4.79. The Morgan fingerprint density at radius 1 is 0.684 bits per heavy atom. The van der Waals surface area contributed by atoms with Crippen LogP contribution in [0.2, 0.25) is 0 Å². The van der Waals surface area contributed by atoms with E-state index in [1.165, 1.54) is 0 Å². The van der Waals surface area contributed by atoms with Crippen LogP contribution in [0.4, 0.5) is 5.00 Å². The Morgan fingerprint density at radius 2 is 1.26 bits per heavy atom. The lowest BCUT2D eigenvalue weighted by Crippen LogP contribution is -2.02. The molecule has 1 heterocycles. The molecule has 92 valence electrons. The molecule has 0 unspecified atom stereocenters. The molecule has 3 aromatic rings. The fraction of sp³-hybridized carbons (Fsp3) is 0. The summed E-state index contributed by atoms with van der Waals surface area (Å²) in [6.07, 6.45) is 0. The van der Waals surface area contributed by atoms with Crippen molar-refractivity contribution in [2.24, 2.45) is 4.99 Å². The number of hydrogen-bond donors (Lipinski definition) is 0. The minimum atomic E-state index is 1.02. The molecule has 0 atom stereocenters. The third-order valence-corrected chi connectivity index (χ3v) is 3.58. The number of nitrogens with zero attached hydrogens (tertiary/aromatic N) is 1. The Kier molecular flexibility index (Phi) is 3.52. The molecular formula is C17H13NS. The maximum absolute atomic E-state index is 4.79. The van der Waals surface area contributed by atoms with Crippen LogP contribution in [0.3, 0.4) is 0 Å². The summed E-state index contributed by atoms with van der Waals surface area (Å²) in [7, 11) is 0. The van der Waals surface area contributed by atoms with Gasteiger partial charge in [0.15, 0.2) is 0 Å². The molecule has 3 rings (SSSR count). The van der Waals surface area contributed by atoms with Crippen molar-refractivity contribution >= 4 is 22.0 Å². The fourth-order valence-electron chi connectivity index (χ4n) is 1.93. The van der Waals surface area contributed by atoms with Gasteiger partial charge >= 0.3 is 0 Å². The third kappa shape index (κ3) is 2.80. The Hall–Kier alpha value is -2.19. The predicted octanol–water partition coefficient (Wildman–Crippen LogP) is 4.92. The van der Waals surface area contributed by atoms with Gasteiger partial charge in [-0.3, -0.25) is 0 Å². The quantitative estimate of drug-likeness (QED) is 0.595. The molecule has 0 saturated heterocycles. The molecule has 0 N–H and O–H groups in total. The van der Waals surface area contributed by atoms with Crippen molar-refractivity contribution in [2.45, 2.75) is 0 Å². The van der Waals surface area contributed by atoms with Crippen molar-refractivity contribution in [1.82, 2.24) is 0 Å². The van der Waals surface area contributed by atoms with Crippen LogP contribution in [0.25, 0.3) is 0 Å². The third-order valence-electron chi connectivity index (χ3n) is 2.82. The topological polar surface area (TPSA) is 12.4 Å². The van der Waals surface area contributed by atoms with Gasteiger partial charge in [-0.1, -0.05) is 60.7 Å². The summed E-state index contributed by atoms with van der Waals surface area (Å²) in [6.45, 7) is 0. The van der Waals surface area contributed by atoms with E-state index >= 15 is 0 Å². The van der Waals surface area contributed by atoms with Crippen molar-refractivity contribution in [3.05, 3.63) is 89.3 Å². The van der Waals surface area contributed by atoms with Gasteiger partial charge in [-0.2, -0.15) is 0 Å². The summed E-state index contributed by atoms with van der Waals surface area (Å²) in [5, 5.41) is 3.08. The van der Waals surface area contributed by atoms with E-state index in [9.17, 15) is 0 Å². The van der Waals surface area contributed by atoms with Gasteiger partial charge in [0.1, 0.15) is 5.00 Å². The van der Waals surface area contributed by atoms with Gasteiger partial charge < -0.3 is 0 Å². The smallest absolute Gasteiger partial charge is 0.116 e. The first-order chi connectivity index (χ1) is 9.43. The lowest BCUT2D eigenvalue weighted by Gasteiger charge is -2.06. The van der Waals surface area contributed by atoms with Gasteiger partial charge in [-0.25, -0.2) is 4.99 Å². The molecule has 0 aliphatic rings. The zero-order valence-corrected chi connectivity index (χ0v) is 11.2. The fourth-order valence-corrected chi connectivity index (χ4v) is 2.53. The van der Waals surface area contributed by atoms with E-state index in [0.29, 0.717) is 0 Å². The minimum Gasteiger partial charge on any atom is -0.237 e. The van der Waals surface area contributed by atoms with Crippen LogP contribution in [0, 0.1) is 0 Å². The van der Waals surface area contributed by atoms with Crippen molar-refractivity contribution < 1.29 is 0 Å². The predicted molar refractivity (Wildman–Crippen MR) is 82.5 cm³/mol. The van der Waals surface area contributed by atoms with Gasteiger partial charge in [-0.15, -0.1) is 11.3 Å². The molecule has 19 heavy (non-hydrogen) atoms. The summed E-state index contributed by atoms with van der Waals surface area (Å²) < 4.78 is 0. The zero-order valence-electron chi connectivity index (χ0n) is 10.4. The van der Waals surface area contributed by atoms with Gasteiger partial charge in [0.2, 0.25) is 0 Å².